The van der Waals surface area contributed by atoms with Crippen molar-refractivity contribution in [1.29, 1.82) is 0 Å². The molecule has 0 saturated heterocycles. The quantitative estimate of drug-likeness (QED) is 0.191. The van der Waals surface area contributed by atoms with E-state index in [0.717, 1.165) is 11.3 Å². The molecular formula is C39H24OS. The Morgan fingerprint density at radius 1 is 0.463 bits per heavy atom. The van der Waals surface area contributed by atoms with Crippen molar-refractivity contribution in [2.45, 2.75) is 6.92 Å². The first-order valence-electron chi connectivity index (χ1n) is 22.8. The molecule has 2 heterocycles. The molecule has 2 heteroatoms. The number of para-hydroxylation sites is 1. The first-order chi connectivity index (χ1) is 29.0. The van der Waals surface area contributed by atoms with Crippen LogP contribution in [-0.4, -0.2) is 0 Å². The molecule has 192 valence electrons. The van der Waals surface area contributed by atoms with Gasteiger partial charge in [-0.3, -0.25) is 0 Å². The molecule has 0 atom stereocenters. The molecular weight excluding hydrogens is 516 g/mol. The van der Waals surface area contributed by atoms with Crippen LogP contribution in [0.4, 0.5) is 0 Å². The first kappa shape index (κ1) is 10.5. The van der Waals surface area contributed by atoms with Crippen LogP contribution in [0, 0.1) is 6.92 Å². The molecule has 0 amide bonds. The van der Waals surface area contributed by atoms with E-state index in [9.17, 15) is 13.7 Å². The van der Waals surface area contributed by atoms with Gasteiger partial charge in [0.25, 0.3) is 0 Å². The number of rotatable bonds is 2. The van der Waals surface area contributed by atoms with E-state index in [2.05, 4.69) is 0 Å². The molecule has 7 aromatic carbocycles. The summed E-state index contributed by atoms with van der Waals surface area (Å²) in [5.74, 6) is 0. The van der Waals surface area contributed by atoms with Gasteiger partial charge in [0.05, 0.1) is 28.8 Å². The third kappa shape index (κ3) is 3.35. The molecule has 0 saturated carbocycles. The summed E-state index contributed by atoms with van der Waals surface area (Å²) in [5.41, 5.74) is -3.02. The summed E-state index contributed by atoms with van der Waals surface area (Å²) >= 11 is 0.735. The van der Waals surface area contributed by atoms with E-state index >= 15 is 0 Å². The van der Waals surface area contributed by atoms with E-state index in [1.165, 1.54) is 6.92 Å². The van der Waals surface area contributed by atoms with Crippen molar-refractivity contribution in [3.8, 4) is 22.3 Å². The largest absolute Gasteiger partial charge is 0.456 e. The highest BCUT2D eigenvalue weighted by Gasteiger charge is 2.19. The molecule has 9 rings (SSSR count). The molecule has 0 N–H and O–H groups in total. The molecule has 0 spiro atoms. The van der Waals surface area contributed by atoms with Crippen LogP contribution in [0.3, 0.4) is 0 Å². The van der Waals surface area contributed by atoms with Crippen LogP contribution in [0.2, 0.25) is 0 Å². The average Bonchev–Trinajstić information content (AvgIpc) is 3.86. The summed E-state index contributed by atoms with van der Waals surface area (Å²) in [4.78, 5) is 0. The average molecular weight is 562 g/mol. The maximum absolute atomic E-state index is 9.61. The normalized spacial score (nSPS) is 19.2. The Hall–Kier alpha value is -4.92. The fourth-order valence-corrected chi connectivity index (χ4v) is 6.13. The van der Waals surface area contributed by atoms with E-state index < -0.39 is 176 Å². The molecule has 0 fully saturated rings. The van der Waals surface area contributed by atoms with Gasteiger partial charge in [-0.15, -0.1) is 11.3 Å². The first-order valence-corrected chi connectivity index (χ1v) is 13.1. The summed E-state index contributed by atoms with van der Waals surface area (Å²) in [7, 11) is 0. The van der Waals surface area contributed by atoms with Crippen molar-refractivity contribution in [2.75, 3.05) is 0 Å². The number of furan rings is 1. The Morgan fingerprint density at radius 3 is 1.85 bits per heavy atom. The lowest BCUT2D eigenvalue weighted by Gasteiger charge is -2.18. The molecule has 0 bridgehead atoms. The minimum Gasteiger partial charge on any atom is -0.456 e. The van der Waals surface area contributed by atoms with Gasteiger partial charge in [0.15, 0.2) is 0 Å². The Kier molecular flexibility index (Phi) is 2.18. The smallest absolute Gasteiger partial charge is 0.136 e. The maximum atomic E-state index is 9.61. The second-order valence-corrected chi connectivity index (χ2v) is 10.3. The number of hydrogen-bond donors (Lipinski definition) is 0. The minimum atomic E-state index is -0.843. The lowest BCUT2D eigenvalue weighted by atomic mass is 9.85. The summed E-state index contributed by atoms with van der Waals surface area (Å²) in [5, 5.41) is -2.73. The van der Waals surface area contributed by atoms with Crippen LogP contribution < -0.4 is 0 Å². The summed E-state index contributed by atoms with van der Waals surface area (Å²) in [6.45, 7) is 1.33. The fourth-order valence-electron chi connectivity index (χ4n) is 5.16. The van der Waals surface area contributed by atoms with Gasteiger partial charge < -0.3 is 4.42 Å². The molecule has 1 nitrogen and oxygen atoms in total. The zero-order valence-corrected chi connectivity index (χ0v) is 21.6. The van der Waals surface area contributed by atoms with E-state index in [4.69, 9.17) is 19.5 Å². The van der Waals surface area contributed by atoms with Gasteiger partial charge in [0.2, 0.25) is 0 Å². The van der Waals surface area contributed by atoms with Crippen LogP contribution in [0.1, 0.15) is 34.3 Å². The summed E-state index contributed by atoms with van der Waals surface area (Å²) in [6.07, 6.45) is 0. The zero-order valence-electron chi connectivity index (χ0n) is 41.8. The van der Waals surface area contributed by atoms with Crippen LogP contribution in [0.15, 0.2) is 131 Å². The van der Waals surface area contributed by atoms with Crippen molar-refractivity contribution >= 4 is 75.0 Å². The molecule has 0 unspecified atom stereocenters. The molecule has 41 heavy (non-hydrogen) atoms. The van der Waals surface area contributed by atoms with Gasteiger partial charge in [-0.2, -0.15) is 0 Å². The lowest BCUT2D eigenvalue weighted by Crippen LogP contribution is -1.91. The molecule has 0 aliphatic carbocycles. The minimum absolute atomic E-state index is 0.0213. The van der Waals surface area contributed by atoms with Crippen molar-refractivity contribution in [3.63, 3.8) is 0 Å². The monoisotopic (exact) mass is 561 g/mol. The van der Waals surface area contributed by atoms with Gasteiger partial charge in [-0.25, -0.2) is 0 Å². The van der Waals surface area contributed by atoms with Gasteiger partial charge in [-0.1, -0.05) is 102 Å². The van der Waals surface area contributed by atoms with Crippen molar-refractivity contribution in [3.05, 3.63) is 132 Å². The third-order valence-corrected chi connectivity index (χ3v) is 7.92. The van der Waals surface area contributed by atoms with E-state index in [-0.39, 0.29) is 41.9 Å². The van der Waals surface area contributed by atoms with Gasteiger partial charge in [0, 0.05) is 30.9 Å². The van der Waals surface area contributed by atoms with Crippen molar-refractivity contribution in [1.82, 2.24) is 0 Å². The second-order valence-electron chi connectivity index (χ2n) is 9.27. The number of thiophene rings is 1. The number of fused-ring (bicyclic) bond motifs is 8. The molecule has 0 aliphatic rings. The fraction of sp³-hybridized carbons (Fsp3) is 0.0256. The standard InChI is InChI=1S/C39H24OS/c1-23-14-17-32-33(20-23)39(25-16-19-29-28-9-5-7-13-36(28)41-37(29)22-25)31-11-3-2-10-30(31)38(32)24-15-18-27-26-8-4-6-12-34(26)40-35(27)21-24/h2-22H,1H3/i2D,3D,4D,5D,6D,7D,8D,9D,10D,11D,12D,13D,14D,15D,16D,17D,18D,19D,20D,21D,22D. The third-order valence-electron chi connectivity index (χ3n) is 6.90. The number of hydrogen-bond acceptors (Lipinski definition) is 2. The Labute approximate surface area is 270 Å². The maximum Gasteiger partial charge on any atom is 0.136 e. The van der Waals surface area contributed by atoms with E-state index in [0.29, 0.717) is 0 Å². The summed E-state index contributed by atoms with van der Waals surface area (Å²) < 4.78 is 193. The van der Waals surface area contributed by atoms with Crippen LogP contribution in [-0.2, 0) is 0 Å². The highest BCUT2D eigenvalue weighted by atomic mass is 32.1. The van der Waals surface area contributed by atoms with Gasteiger partial charge in [-0.05, 0) is 80.9 Å². The Bertz CT molecular complexity index is 3340. The molecule has 0 radical (unpaired) electrons. The van der Waals surface area contributed by atoms with Crippen molar-refractivity contribution in [2.24, 2.45) is 0 Å². The van der Waals surface area contributed by atoms with Crippen LogP contribution >= 0.6 is 11.3 Å². The number of benzene rings is 7. The van der Waals surface area contributed by atoms with E-state index in [1.807, 2.05) is 0 Å². The highest BCUT2D eigenvalue weighted by Crippen LogP contribution is 2.46. The molecule has 9 aromatic rings. The van der Waals surface area contributed by atoms with Gasteiger partial charge in [0.1, 0.15) is 11.2 Å². The predicted molar refractivity (Wildman–Crippen MR) is 177 cm³/mol. The zero-order chi connectivity index (χ0) is 45.4. The molecule has 0 aliphatic heterocycles. The van der Waals surface area contributed by atoms with Crippen LogP contribution in [0.25, 0.3) is 85.9 Å². The highest BCUT2D eigenvalue weighted by molar-refractivity contribution is 7.25. The topological polar surface area (TPSA) is 13.1 Å². The second kappa shape index (κ2) is 8.54. The van der Waals surface area contributed by atoms with Crippen molar-refractivity contribution < 1.29 is 33.2 Å². The SMILES string of the molecule is [2H]c1c([2H])c([2H])c2c(oc3c([2H])c(-c4c5c([2H])c([2H])c([2H])c([2H])c5c(-c5c([2H])c([2H])c6c(sc7c([2H])c([2H])c([2H])c([2H])c76)c5[2H])c5c([2H])c(C)c([2H])c([2H])c45)c([2H])c([2H])c32)c1[2H]. The van der Waals surface area contributed by atoms with Crippen LogP contribution in [0.5, 0.6) is 0 Å². The predicted octanol–water partition coefficient (Wildman–Crippen LogP) is 11.9. The Morgan fingerprint density at radius 2 is 1.02 bits per heavy atom. The van der Waals surface area contributed by atoms with E-state index in [1.54, 1.807) is 0 Å². The summed E-state index contributed by atoms with van der Waals surface area (Å²) in [6, 6.07) is -14.0. The lowest BCUT2D eigenvalue weighted by molar-refractivity contribution is 0.669. The molecule has 2 aromatic heterocycles. The van der Waals surface area contributed by atoms with Gasteiger partial charge >= 0.3 is 0 Å². The Balaban J connectivity index is 1.59.